The summed E-state index contributed by atoms with van der Waals surface area (Å²) in [6.07, 6.45) is 4.24. The summed E-state index contributed by atoms with van der Waals surface area (Å²) in [5.74, 6) is 0. The second kappa shape index (κ2) is 7.30. The number of nitriles is 1. The monoisotopic (exact) mass is 443 g/mol. The third kappa shape index (κ3) is 3.14. The first kappa shape index (κ1) is 20.7. The summed E-state index contributed by atoms with van der Waals surface area (Å²) >= 11 is 0. The van der Waals surface area contributed by atoms with E-state index < -0.39 is 0 Å². The molecule has 0 saturated heterocycles. The van der Waals surface area contributed by atoms with E-state index in [0.29, 0.717) is 11.0 Å². The van der Waals surface area contributed by atoms with Gasteiger partial charge in [0.25, 0.3) is 0 Å². The van der Waals surface area contributed by atoms with Crippen molar-refractivity contribution in [3.05, 3.63) is 89.1 Å². The molecule has 1 aliphatic carbocycles. The van der Waals surface area contributed by atoms with Crippen molar-refractivity contribution < 1.29 is 8.98 Å². The summed E-state index contributed by atoms with van der Waals surface area (Å²) in [5.41, 5.74) is 10.8. The second-order valence-electron chi connectivity index (χ2n) is 10.4. The van der Waals surface area contributed by atoms with Crippen LogP contribution in [0.2, 0.25) is 0 Å². The van der Waals surface area contributed by atoms with Crippen LogP contribution in [0.25, 0.3) is 44.3 Å². The maximum absolute atomic E-state index is 10.0. The molecule has 1 aliphatic rings. The number of pyridine rings is 1. The number of furan rings is 1. The Bertz CT molecular complexity index is 1660. The molecule has 2 aromatic heterocycles. The molecule has 0 amide bonds. The molecule has 0 fully saturated rings. The SMILES string of the molecule is Cc1ccc2c(oc3cc(C#N)c(-c4ccc5c(c4)CC(C)(C)C5)cc32)c1-c1cccc[n+]1C. The predicted molar refractivity (Wildman–Crippen MR) is 136 cm³/mol. The van der Waals surface area contributed by atoms with Gasteiger partial charge in [-0.25, -0.2) is 4.57 Å². The maximum Gasteiger partial charge on any atom is 0.216 e. The summed E-state index contributed by atoms with van der Waals surface area (Å²) in [4.78, 5) is 0. The zero-order valence-electron chi connectivity index (χ0n) is 20.1. The summed E-state index contributed by atoms with van der Waals surface area (Å²) in [6.45, 7) is 6.76. The van der Waals surface area contributed by atoms with Gasteiger partial charge in [0.05, 0.1) is 17.2 Å². The second-order valence-corrected chi connectivity index (χ2v) is 10.4. The highest BCUT2D eigenvalue weighted by Crippen LogP contribution is 2.41. The van der Waals surface area contributed by atoms with Crippen LogP contribution in [0.3, 0.4) is 0 Å². The van der Waals surface area contributed by atoms with E-state index in [0.717, 1.165) is 62.7 Å². The number of benzene rings is 3. The number of aromatic nitrogens is 1. The molecular weight excluding hydrogens is 416 g/mol. The molecule has 0 N–H and O–H groups in total. The molecule has 3 nitrogen and oxygen atoms in total. The van der Waals surface area contributed by atoms with Crippen LogP contribution in [0, 0.1) is 23.7 Å². The Morgan fingerprint density at radius 1 is 0.941 bits per heavy atom. The molecular formula is C31H27N2O+. The number of fused-ring (bicyclic) bond motifs is 4. The van der Waals surface area contributed by atoms with E-state index in [1.165, 1.54) is 11.1 Å². The molecule has 3 aromatic carbocycles. The van der Waals surface area contributed by atoms with E-state index in [1.54, 1.807) is 0 Å². The van der Waals surface area contributed by atoms with Crippen LogP contribution in [0.1, 0.15) is 36.1 Å². The number of nitrogens with zero attached hydrogens (tertiary/aromatic N) is 2. The third-order valence-corrected chi connectivity index (χ3v) is 7.27. The van der Waals surface area contributed by atoms with Crippen LogP contribution in [-0.2, 0) is 19.9 Å². The smallest absolute Gasteiger partial charge is 0.216 e. The minimum atomic E-state index is 0.297. The van der Waals surface area contributed by atoms with Gasteiger partial charge in [-0.2, -0.15) is 5.26 Å². The molecule has 0 aliphatic heterocycles. The Labute approximate surface area is 199 Å². The van der Waals surface area contributed by atoms with Gasteiger partial charge in [-0.3, -0.25) is 0 Å². The van der Waals surface area contributed by atoms with E-state index in [4.69, 9.17) is 4.42 Å². The van der Waals surface area contributed by atoms with Crippen LogP contribution in [0.4, 0.5) is 0 Å². The van der Waals surface area contributed by atoms with Crippen molar-refractivity contribution in [2.24, 2.45) is 12.5 Å². The topological polar surface area (TPSA) is 40.8 Å². The molecule has 0 unspecified atom stereocenters. The Morgan fingerprint density at radius 2 is 1.76 bits per heavy atom. The molecule has 34 heavy (non-hydrogen) atoms. The van der Waals surface area contributed by atoms with Gasteiger partial charge in [0.15, 0.2) is 6.20 Å². The summed E-state index contributed by atoms with van der Waals surface area (Å²) < 4.78 is 8.56. The molecule has 6 rings (SSSR count). The summed E-state index contributed by atoms with van der Waals surface area (Å²) in [5, 5.41) is 12.1. The van der Waals surface area contributed by atoms with E-state index >= 15 is 0 Å². The normalized spacial score (nSPS) is 14.4. The first-order valence-corrected chi connectivity index (χ1v) is 11.8. The van der Waals surface area contributed by atoms with Gasteiger partial charge in [-0.1, -0.05) is 44.2 Å². The zero-order chi connectivity index (χ0) is 23.6. The largest absolute Gasteiger partial charge is 0.455 e. The minimum absolute atomic E-state index is 0.297. The Balaban J connectivity index is 1.60. The summed E-state index contributed by atoms with van der Waals surface area (Å²) in [7, 11) is 2.05. The van der Waals surface area contributed by atoms with Crippen LogP contribution in [0.5, 0.6) is 0 Å². The Morgan fingerprint density at radius 3 is 2.56 bits per heavy atom. The van der Waals surface area contributed by atoms with Gasteiger partial charge in [0.2, 0.25) is 5.69 Å². The standard InChI is InChI=1S/C31H27N2O/c1-19-8-11-24-26-15-25(20-9-10-21-16-31(2,3)17-22(21)13-20)23(18-32)14-28(26)34-30(24)29(19)27-7-5-6-12-33(27)4/h5-15H,16-17H2,1-4H3/q+1. The first-order chi connectivity index (χ1) is 16.3. The van der Waals surface area contributed by atoms with Crippen molar-refractivity contribution >= 4 is 21.9 Å². The van der Waals surface area contributed by atoms with Crippen molar-refractivity contribution in [2.45, 2.75) is 33.6 Å². The molecule has 0 saturated carbocycles. The van der Waals surface area contributed by atoms with E-state index in [-0.39, 0.29) is 0 Å². The van der Waals surface area contributed by atoms with Crippen molar-refractivity contribution in [1.82, 2.24) is 0 Å². The maximum atomic E-state index is 10.0. The van der Waals surface area contributed by atoms with Crippen LogP contribution in [0.15, 0.2) is 71.3 Å². The van der Waals surface area contributed by atoms with E-state index in [2.05, 4.69) is 93.2 Å². The van der Waals surface area contributed by atoms with E-state index in [9.17, 15) is 5.26 Å². The van der Waals surface area contributed by atoms with Crippen LogP contribution in [-0.4, -0.2) is 0 Å². The van der Waals surface area contributed by atoms with Gasteiger partial charge in [0.1, 0.15) is 18.2 Å². The highest BCUT2D eigenvalue weighted by molar-refractivity contribution is 6.11. The Hall–Kier alpha value is -3.90. The number of hydrogen-bond donors (Lipinski definition) is 0. The zero-order valence-corrected chi connectivity index (χ0v) is 20.1. The quantitative estimate of drug-likeness (QED) is 0.274. The molecule has 0 radical (unpaired) electrons. The van der Waals surface area contributed by atoms with E-state index in [1.807, 2.05) is 12.1 Å². The highest BCUT2D eigenvalue weighted by Gasteiger charge is 2.28. The fourth-order valence-electron chi connectivity index (χ4n) is 5.64. The van der Waals surface area contributed by atoms with Gasteiger partial charge in [0, 0.05) is 28.5 Å². The van der Waals surface area contributed by atoms with Crippen molar-refractivity contribution in [1.29, 1.82) is 5.26 Å². The summed E-state index contributed by atoms with van der Waals surface area (Å²) in [6, 6.07) is 23.7. The van der Waals surface area contributed by atoms with Crippen molar-refractivity contribution in [2.75, 3.05) is 0 Å². The van der Waals surface area contributed by atoms with Crippen LogP contribution < -0.4 is 4.57 Å². The average Bonchev–Trinajstić information content (AvgIpc) is 3.33. The fraction of sp³-hybridized carbons (Fsp3) is 0.226. The fourth-order valence-corrected chi connectivity index (χ4v) is 5.64. The van der Waals surface area contributed by atoms with Gasteiger partial charge >= 0.3 is 0 Å². The lowest BCUT2D eigenvalue weighted by atomic mass is 9.90. The number of rotatable bonds is 2. The lowest BCUT2D eigenvalue weighted by molar-refractivity contribution is -0.660. The van der Waals surface area contributed by atoms with Gasteiger partial charge in [-0.05, 0) is 65.6 Å². The molecule has 0 bridgehead atoms. The first-order valence-electron chi connectivity index (χ1n) is 11.8. The average molecular weight is 444 g/mol. The molecule has 2 heterocycles. The van der Waals surface area contributed by atoms with Gasteiger partial charge in [-0.15, -0.1) is 0 Å². The highest BCUT2D eigenvalue weighted by atomic mass is 16.3. The lowest BCUT2D eigenvalue weighted by Crippen LogP contribution is -2.30. The molecule has 0 spiro atoms. The number of hydrogen-bond acceptors (Lipinski definition) is 2. The minimum Gasteiger partial charge on any atom is -0.455 e. The van der Waals surface area contributed by atoms with Crippen molar-refractivity contribution in [3.8, 4) is 28.5 Å². The van der Waals surface area contributed by atoms with Crippen molar-refractivity contribution in [3.63, 3.8) is 0 Å². The third-order valence-electron chi connectivity index (χ3n) is 7.27. The molecule has 0 atom stereocenters. The molecule has 3 heteroatoms. The number of aryl methyl sites for hydroxylation is 2. The lowest BCUT2D eigenvalue weighted by Gasteiger charge is -2.14. The molecule has 5 aromatic rings. The van der Waals surface area contributed by atoms with Crippen LogP contribution >= 0.6 is 0 Å². The van der Waals surface area contributed by atoms with Gasteiger partial charge < -0.3 is 4.42 Å². The predicted octanol–water partition coefficient (Wildman–Crippen LogP) is 7.05. The Kier molecular flexibility index (Phi) is 4.44. The molecule has 166 valence electrons.